The van der Waals surface area contributed by atoms with Gasteiger partial charge in [0.1, 0.15) is 0 Å². The third-order valence-corrected chi connectivity index (χ3v) is 13.5. The smallest absolute Gasteiger partial charge is 0.0720 e. The van der Waals surface area contributed by atoms with Gasteiger partial charge < -0.3 is 4.57 Å². The van der Waals surface area contributed by atoms with Crippen LogP contribution in [-0.2, 0) is 10.8 Å². The molecule has 0 N–H and O–H groups in total. The molecule has 1 spiro atoms. The number of nitrogens with zero attached hydrogens (tertiary/aromatic N) is 1. The van der Waals surface area contributed by atoms with Gasteiger partial charge in [0, 0.05) is 16.5 Å². The van der Waals surface area contributed by atoms with E-state index in [1.165, 1.54) is 105 Å². The Bertz CT molecular complexity index is 3300. The van der Waals surface area contributed by atoms with Crippen molar-refractivity contribution in [3.63, 3.8) is 0 Å². The Morgan fingerprint density at radius 1 is 0.298 bits per heavy atom. The van der Waals surface area contributed by atoms with E-state index in [0.717, 1.165) is 0 Å². The molecule has 1 heteroatoms. The van der Waals surface area contributed by atoms with Crippen molar-refractivity contribution in [1.29, 1.82) is 0 Å². The van der Waals surface area contributed by atoms with E-state index < -0.39 is 10.8 Å². The minimum Gasteiger partial charge on any atom is -0.309 e. The molecule has 13 rings (SSSR count). The molecule has 0 fully saturated rings. The summed E-state index contributed by atoms with van der Waals surface area (Å²) in [7, 11) is 0. The van der Waals surface area contributed by atoms with Crippen LogP contribution in [0.2, 0.25) is 0 Å². The number of fused-ring (bicyclic) bond motifs is 15. The third-order valence-electron chi connectivity index (χ3n) is 13.5. The van der Waals surface area contributed by atoms with E-state index >= 15 is 0 Å². The van der Waals surface area contributed by atoms with Gasteiger partial charge in [-0.25, -0.2) is 0 Å². The summed E-state index contributed by atoms with van der Waals surface area (Å²) < 4.78 is 2.42. The van der Waals surface area contributed by atoms with Gasteiger partial charge in [0.05, 0.1) is 21.9 Å². The van der Waals surface area contributed by atoms with Gasteiger partial charge in [-0.2, -0.15) is 0 Å². The molecule has 0 aliphatic heterocycles. The van der Waals surface area contributed by atoms with E-state index in [1.54, 1.807) is 0 Å². The molecule has 10 aromatic rings. The molecule has 3 aliphatic carbocycles. The number of hydrogen-bond donors (Lipinski definition) is 0. The van der Waals surface area contributed by atoms with E-state index in [2.05, 4.69) is 217 Å². The average Bonchev–Trinajstić information content (AvgIpc) is 3.89. The Kier molecular flexibility index (Phi) is 6.09. The highest BCUT2D eigenvalue weighted by Gasteiger charge is 2.59. The normalized spacial score (nSPS) is 18.0. The van der Waals surface area contributed by atoms with Crippen molar-refractivity contribution in [3.05, 3.63) is 257 Å². The molecular weight excluding hydrogens is 687 g/mol. The zero-order valence-electron chi connectivity index (χ0n) is 31.2. The lowest BCUT2D eigenvalue weighted by atomic mass is 9.52. The molecule has 0 amide bonds. The maximum atomic E-state index is 2.53. The standard InChI is InChI=1S/C56H35N/c1-3-16-38(17-4-1)55-46-24-10-8-21-41(46)45-23-15-28-50(54(45)55)56(49-27-13-12-26-48(49)55)47-25-11-7-20-40(47)42-32-30-36(34-51(42)56)37-31-33-44-43-22-9-14-29-52(43)57(53(44)35-37)39-18-5-2-6-19-39/h1-35H. The number of benzene rings is 9. The Balaban J connectivity index is 1.13. The van der Waals surface area contributed by atoms with Gasteiger partial charge in [0.25, 0.3) is 0 Å². The molecule has 0 bridgehead atoms. The van der Waals surface area contributed by atoms with Crippen LogP contribution in [0.1, 0.15) is 44.5 Å². The highest BCUT2D eigenvalue weighted by atomic mass is 15.0. The summed E-state index contributed by atoms with van der Waals surface area (Å²) in [4.78, 5) is 0. The molecule has 57 heavy (non-hydrogen) atoms. The van der Waals surface area contributed by atoms with Crippen molar-refractivity contribution in [2.24, 2.45) is 0 Å². The van der Waals surface area contributed by atoms with Crippen LogP contribution in [0.25, 0.3) is 60.9 Å². The van der Waals surface area contributed by atoms with Gasteiger partial charge in [0.15, 0.2) is 0 Å². The third kappa shape index (κ3) is 3.75. The van der Waals surface area contributed by atoms with Gasteiger partial charge in [0.2, 0.25) is 0 Å². The maximum absolute atomic E-state index is 2.53. The van der Waals surface area contributed by atoms with E-state index in [4.69, 9.17) is 0 Å². The van der Waals surface area contributed by atoms with Crippen LogP contribution in [-0.4, -0.2) is 4.57 Å². The molecule has 3 aliphatic rings. The summed E-state index contributed by atoms with van der Waals surface area (Å²) in [6.45, 7) is 0. The Hall–Kier alpha value is -7.22. The largest absolute Gasteiger partial charge is 0.309 e. The van der Waals surface area contributed by atoms with Crippen molar-refractivity contribution in [2.75, 3.05) is 0 Å². The summed E-state index contributed by atoms with van der Waals surface area (Å²) >= 11 is 0. The first-order valence-corrected chi connectivity index (χ1v) is 20.0. The quantitative estimate of drug-likeness (QED) is 0.171. The van der Waals surface area contributed by atoms with Gasteiger partial charge >= 0.3 is 0 Å². The predicted octanol–water partition coefficient (Wildman–Crippen LogP) is 13.5. The lowest BCUT2D eigenvalue weighted by Crippen LogP contribution is -2.43. The van der Waals surface area contributed by atoms with Crippen LogP contribution < -0.4 is 0 Å². The zero-order chi connectivity index (χ0) is 37.3. The average molecular weight is 722 g/mol. The number of para-hydroxylation sites is 2. The summed E-state index contributed by atoms with van der Waals surface area (Å²) in [5, 5.41) is 2.53. The van der Waals surface area contributed by atoms with Crippen LogP contribution in [0.4, 0.5) is 0 Å². The molecule has 1 nitrogen and oxygen atoms in total. The lowest BCUT2D eigenvalue weighted by Gasteiger charge is -2.48. The van der Waals surface area contributed by atoms with Gasteiger partial charge in [-0.3, -0.25) is 0 Å². The van der Waals surface area contributed by atoms with E-state index in [9.17, 15) is 0 Å². The summed E-state index contributed by atoms with van der Waals surface area (Å²) in [5.41, 5.74) is 21.3. The van der Waals surface area contributed by atoms with Gasteiger partial charge in [-0.05, 0) is 108 Å². The van der Waals surface area contributed by atoms with Crippen LogP contribution >= 0.6 is 0 Å². The first-order valence-electron chi connectivity index (χ1n) is 20.0. The van der Waals surface area contributed by atoms with E-state index in [0.29, 0.717) is 0 Å². The number of rotatable bonds is 3. The zero-order valence-corrected chi connectivity index (χ0v) is 31.2. The van der Waals surface area contributed by atoms with Crippen molar-refractivity contribution in [3.8, 4) is 39.1 Å². The summed E-state index contributed by atoms with van der Waals surface area (Å²) in [6, 6.07) is 80.0. The number of aromatic nitrogens is 1. The second-order valence-corrected chi connectivity index (χ2v) is 15.9. The lowest BCUT2D eigenvalue weighted by molar-refractivity contribution is 0.636. The number of hydrogen-bond acceptors (Lipinski definition) is 0. The predicted molar refractivity (Wildman–Crippen MR) is 234 cm³/mol. The fourth-order valence-corrected chi connectivity index (χ4v) is 11.4. The highest BCUT2D eigenvalue weighted by Crippen LogP contribution is 2.68. The van der Waals surface area contributed by atoms with Crippen LogP contribution in [0, 0.1) is 0 Å². The monoisotopic (exact) mass is 721 g/mol. The Morgan fingerprint density at radius 2 is 0.825 bits per heavy atom. The summed E-state index contributed by atoms with van der Waals surface area (Å²) in [5.74, 6) is 0. The second kappa shape index (κ2) is 11.2. The van der Waals surface area contributed by atoms with Crippen LogP contribution in [0.3, 0.4) is 0 Å². The highest BCUT2D eigenvalue weighted by molar-refractivity contribution is 6.10. The SMILES string of the molecule is c1ccc(-n2c3ccccc3c3ccc(-c4ccc5c(c4)C4(c6ccccc6-5)c5ccccc5C5(c6ccccc6)c6ccccc6-c6cccc4c65)cc32)cc1. The second-order valence-electron chi connectivity index (χ2n) is 15.9. The summed E-state index contributed by atoms with van der Waals surface area (Å²) in [6.07, 6.45) is 0. The van der Waals surface area contributed by atoms with Crippen LogP contribution in [0.15, 0.2) is 212 Å². The molecule has 2 unspecified atom stereocenters. The minimum absolute atomic E-state index is 0.448. The van der Waals surface area contributed by atoms with Crippen molar-refractivity contribution >= 4 is 21.8 Å². The Labute approximate surface area is 331 Å². The molecule has 9 aromatic carbocycles. The molecule has 0 saturated carbocycles. The molecule has 2 atom stereocenters. The molecular formula is C56H35N. The first kappa shape index (κ1) is 31.0. The minimum atomic E-state index is -0.521. The fraction of sp³-hybridized carbons (Fsp3) is 0.0357. The van der Waals surface area contributed by atoms with Crippen molar-refractivity contribution in [2.45, 2.75) is 10.8 Å². The first-order chi connectivity index (χ1) is 28.3. The molecule has 1 aromatic heterocycles. The van der Waals surface area contributed by atoms with E-state index in [-0.39, 0.29) is 0 Å². The molecule has 0 saturated heterocycles. The topological polar surface area (TPSA) is 4.93 Å². The maximum Gasteiger partial charge on any atom is 0.0720 e. The Morgan fingerprint density at radius 3 is 1.61 bits per heavy atom. The molecule has 1 heterocycles. The van der Waals surface area contributed by atoms with Gasteiger partial charge in [-0.1, -0.05) is 182 Å². The van der Waals surface area contributed by atoms with Gasteiger partial charge in [-0.15, -0.1) is 0 Å². The van der Waals surface area contributed by atoms with Crippen molar-refractivity contribution in [1.82, 2.24) is 4.57 Å². The van der Waals surface area contributed by atoms with Crippen LogP contribution in [0.5, 0.6) is 0 Å². The molecule has 0 radical (unpaired) electrons. The van der Waals surface area contributed by atoms with E-state index in [1.807, 2.05) is 0 Å². The molecule has 264 valence electrons. The van der Waals surface area contributed by atoms with Crippen molar-refractivity contribution < 1.29 is 0 Å². The fourth-order valence-electron chi connectivity index (χ4n) is 11.4.